The van der Waals surface area contributed by atoms with Gasteiger partial charge in [0, 0.05) is 12.0 Å². The third-order valence-corrected chi connectivity index (χ3v) is 4.36. The lowest BCUT2D eigenvalue weighted by atomic mass is 9.81. The van der Waals surface area contributed by atoms with Gasteiger partial charge in [0.2, 0.25) is 0 Å². The summed E-state index contributed by atoms with van der Waals surface area (Å²) in [4.78, 5) is 16.8. The smallest absolute Gasteiger partial charge is 0.263 e. The van der Waals surface area contributed by atoms with Gasteiger partial charge in [-0.25, -0.2) is 4.98 Å². The Hall–Kier alpha value is -0.940. The van der Waals surface area contributed by atoms with E-state index in [1.807, 2.05) is 34.6 Å². The van der Waals surface area contributed by atoms with Gasteiger partial charge in [-0.2, -0.15) is 0 Å². The fourth-order valence-corrected chi connectivity index (χ4v) is 2.75. The number of nitrogens with zero attached hydrogens (tertiary/aromatic N) is 1. The van der Waals surface area contributed by atoms with Crippen LogP contribution in [-0.2, 0) is 6.42 Å². The molecule has 4 nitrogen and oxygen atoms in total. The van der Waals surface area contributed by atoms with Crippen molar-refractivity contribution in [1.29, 1.82) is 0 Å². The molecule has 0 bridgehead atoms. The number of aryl methyl sites for hydroxylation is 1. The Morgan fingerprint density at radius 3 is 2.63 bits per heavy atom. The minimum absolute atomic E-state index is 0.110. The van der Waals surface area contributed by atoms with Gasteiger partial charge in [0.25, 0.3) is 5.91 Å². The molecule has 0 saturated carbocycles. The Bertz CT molecular complexity index is 427. The van der Waals surface area contributed by atoms with E-state index in [-0.39, 0.29) is 17.2 Å². The molecule has 0 spiro atoms. The average molecular weight is 284 g/mol. The highest BCUT2D eigenvalue weighted by molar-refractivity contribution is 7.13. The molecule has 1 atom stereocenters. The van der Waals surface area contributed by atoms with E-state index in [1.54, 1.807) is 6.20 Å². The summed E-state index contributed by atoms with van der Waals surface area (Å²) in [5, 5.41) is 14.0. The predicted octanol–water partition coefficient (Wildman–Crippen LogP) is 2.48. The largest absolute Gasteiger partial charge is 0.392 e. The molecule has 0 saturated heterocycles. The molecular weight excluding hydrogens is 260 g/mol. The molecule has 1 amide bonds. The second-order valence-electron chi connectivity index (χ2n) is 5.83. The summed E-state index contributed by atoms with van der Waals surface area (Å²) in [6, 6.07) is 0. The lowest BCUT2D eigenvalue weighted by Crippen LogP contribution is -2.43. The van der Waals surface area contributed by atoms with Crippen molar-refractivity contribution in [2.75, 3.05) is 6.54 Å². The first-order valence-electron chi connectivity index (χ1n) is 6.69. The Labute approximate surface area is 119 Å². The molecule has 5 heteroatoms. The maximum absolute atomic E-state index is 12.0. The minimum Gasteiger partial charge on any atom is -0.392 e. The van der Waals surface area contributed by atoms with Gasteiger partial charge in [0.15, 0.2) is 0 Å². The fraction of sp³-hybridized carbons (Fsp3) is 0.714. The molecule has 108 valence electrons. The van der Waals surface area contributed by atoms with Crippen molar-refractivity contribution in [3.8, 4) is 0 Å². The molecule has 0 fully saturated rings. The average Bonchev–Trinajstić information content (AvgIpc) is 2.83. The summed E-state index contributed by atoms with van der Waals surface area (Å²) >= 11 is 1.42. The van der Waals surface area contributed by atoms with Crippen LogP contribution in [0.15, 0.2) is 6.20 Å². The van der Waals surface area contributed by atoms with Crippen LogP contribution in [0.2, 0.25) is 0 Å². The van der Waals surface area contributed by atoms with Crippen molar-refractivity contribution in [2.45, 2.75) is 47.1 Å². The number of carbonyl (C=O) groups is 1. The molecule has 1 aromatic heterocycles. The molecular formula is C14H24N2O2S. The zero-order valence-electron chi connectivity index (χ0n) is 12.4. The lowest BCUT2D eigenvalue weighted by Gasteiger charge is -2.33. The molecule has 1 rings (SSSR count). The number of aliphatic hydroxyl groups is 1. The summed E-state index contributed by atoms with van der Waals surface area (Å²) in [6.45, 7) is 10.3. The molecule has 0 radical (unpaired) electrons. The first-order valence-corrected chi connectivity index (χ1v) is 7.50. The molecule has 1 aromatic rings. The van der Waals surface area contributed by atoms with E-state index in [2.05, 4.69) is 10.3 Å². The molecule has 19 heavy (non-hydrogen) atoms. The molecule has 0 aliphatic heterocycles. The first kappa shape index (κ1) is 16.1. The highest BCUT2D eigenvalue weighted by atomic mass is 32.1. The molecule has 0 aliphatic rings. The van der Waals surface area contributed by atoms with Crippen LogP contribution >= 0.6 is 11.3 Å². The lowest BCUT2D eigenvalue weighted by molar-refractivity contribution is 0.0138. The van der Waals surface area contributed by atoms with E-state index in [9.17, 15) is 9.90 Å². The SMILES string of the molecule is CCc1ncc(C(=O)NCC(C)(C)C(O)C(C)C)s1. The van der Waals surface area contributed by atoms with Crippen molar-refractivity contribution in [3.05, 3.63) is 16.1 Å². The monoisotopic (exact) mass is 284 g/mol. The van der Waals surface area contributed by atoms with Crippen molar-refractivity contribution in [2.24, 2.45) is 11.3 Å². The van der Waals surface area contributed by atoms with E-state index in [0.717, 1.165) is 11.4 Å². The number of aromatic nitrogens is 1. The minimum atomic E-state index is -0.444. The third-order valence-electron chi connectivity index (χ3n) is 3.22. The number of hydrogen-bond donors (Lipinski definition) is 2. The highest BCUT2D eigenvalue weighted by Gasteiger charge is 2.30. The number of carbonyl (C=O) groups excluding carboxylic acids is 1. The van der Waals surface area contributed by atoms with Crippen LogP contribution in [-0.4, -0.2) is 28.6 Å². The van der Waals surface area contributed by atoms with Crippen LogP contribution < -0.4 is 5.32 Å². The van der Waals surface area contributed by atoms with E-state index < -0.39 is 6.10 Å². The van der Waals surface area contributed by atoms with Gasteiger partial charge in [-0.15, -0.1) is 11.3 Å². The summed E-state index contributed by atoms with van der Waals surface area (Å²) < 4.78 is 0. The number of nitrogens with one attached hydrogen (secondary N) is 1. The van der Waals surface area contributed by atoms with Crippen LogP contribution in [0.1, 0.15) is 49.3 Å². The van der Waals surface area contributed by atoms with E-state index in [0.29, 0.717) is 11.4 Å². The van der Waals surface area contributed by atoms with Gasteiger partial charge >= 0.3 is 0 Å². The number of amides is 1. The van der Waals surface area contributed by atoms with Crippen LogP contribution in [0.3, 0.4) is 0 Å². The molecule has 0 aliphatic carbocycles. The summed E-state index contributed by atoms with van der Waals surface area (Å²) in [5.74, 6) is 0.0585. The van der Waals surface area contributed by atoms with Crippen molar-refractivity contribution >= 4 is 17.2 Å². The van der Waals surface area contributed by atoms with Gasteiger partial charge in [0.05, 0.1) is 17.3 Å². The Morgan fingerprint density at radius 2 is 2.16 bits per heavy atom. The Balaban J connectivity index is 2.58. The topological polar surface area (TPSA) is 62.2 Å². The van der Waals surface area contributed by atoms with E-state index in [1.165, 1.54) is 11.3 Å². The Morgan fingerprint density at radius 1 is 1.53 bits per heavy atom. The number of thiazole rings is 1. The summed E-state index contributed by atoms with van der Waals surface area (Å²) in [6.07, 6.45) is 2.01. The quantitative estimate of drug-likeness (QED) is 0.843. The zero-order chi connectivity index (χ0) is 14.6. The normalized spacial score (nSPS) is 13.6. The van der Waals surface area contributed by atoms with Crippen LogP contribution in [0, 0.1) is 11.3 Å². The van der Waals surface area contributed by atoms with Gasteiger partial charge in [-0.05, 0) is 12.3 Å². The molecule has 1 heterocycles. The van der Waals surface area contributed by atoms with Crippen molar-refractivity contribution < 1.29 is 9.90 Å². The van der Waals surface area contributed by atoms with Crippen LogP contribution in [0.5, 0.6) is 0 Å². The first-order chi connectivity index (χ1) is 8.77. The van der Waals surface area contributed by atoms with Crippen LogP contribution in [0.25, 0.3) is 0 Å². The molecule has 2 N–H and O–H groups in total. The zero-order valence-corrected chi connectivity index (χ0v) is 13.2. The maximum atomic E-state index is 12.0. The second kappa shape index (κ2) is 6.48. The maximum Gasteiger partial charge on any atom is 0.263 e. The predicted molar refractivity (Wildman–Crippen MR) is 78.5 cm³/mol. The van der Waals surface area contributed by atoms with Crippen molar-refractivity contribution in [1.82, 2.24) is 10.3 Å². The molecule has 0 aromatic carbocycles. The summed E-state index contributed by atoms with van der Waals surface area (Å²) in [7, 11) is 0. The van der Waals surface area contributed by atoms with E-state index in [4.69, 9.17) is 0 Å². The van der Waals surface area contributed by atoms with Gasteiger partial charge in [0.1, 0.15) is 4.88 Å². The second-order valence-corrected chi connectivity index (χ2v) is 6.95. The third kappa shape index (κ3) is 4.28. The summed E-state index contributed by atoms with van der Waals surface area (Å²) in [5.41, 5.74) is -0.345. The van der Waals surface area contributed by atoms with E-state index >= 15 is 0 Å². The number of rotatable bonds is 6. The van der Waals surface area contributed by atoms with Gasteiger partial charge in [-0.3, -0.25) is 4.79 Å². The highest BCUT2D eigenvalue weighted by Crippen LogP contribution is 2.25. The number of aliphatic hydroxyl groups excluding tert-OH is 1. The number of hydrogen-bond acceptors (Lipinski definition) is 4. The molecule has 1 unspecified atom stereocenters. The van der Waals surface area contributed by atoms with Crippen LogP contribution in [0.4, 0.5) is 0 Å². The fourth-order valence-electron chi connectivity index (χ4n) is 1.98. The van der Waals surface area contributed by atoms with Crippen molar-refractivity contribution in [3.63, 3.8) is 0 Å². The van der Waals surface area contributed by atoms with Gasteiger partial charge in [-0.1, -0.05) is 34.6 Å². The van der Waals surface area contributed by atoms with Gasteiger partial charge < -0.3 is 10.4 Å². The Kier molecular flexibility index (Phi) is 5.50. The standard InChI is InChI=1S/C14H24N2O2S/c1-6-11-15-7-10(19-11)13(18)16-8-14(4,5)12(17)9(2)3/h7,9,12,17H,6,8H2,1-5H3,(H,16,18).